The summed E-state index contributed by atoms with van der Waals surface area (Å²) < 4.78 is 22.6. The van der Waals surface area contributed by atoms with Crippen molar-refractivity contribution >= 4 is 17.6 Å². The summed E-state index contributed by atoms with van der Waals surface area (Å²) in [5.74, 6) is -2.56. The molecule has 0 amide bonds. The summed E-state index contributed by atoms with van der Waals surface area (Å²) in [6, 6.07) is 5.26. The first-order chi connectivity index (χ1) is 8.95. The Morgan fingerprint density at radius 3 is 2.58 bits per heavy atom. The molecule has 102 valence electrons. The van der Waals surface area contributed by atoms with E-state index in [0.717, 1.165) is 13.0 Å². The van der Waals surface area contributed by atoms with Crippen LogP contribution in [0.25, 0.3) is 5.70 Å². The number of benzene rings is 1. The predicted octanol–water partition coefficient (Wildman–Crippen LogP) is 1.58. The molecule has 0 atom stereocenters. The number of ether oxygens (including phenoxy) is 2. The van der Waals surface area contributed by atoms with Crippen LogP contribution in [0.5, 0.6) is 0 Å². The van der Waals surface area contributed by atoms with Gasteiger partial charge in [-0.25, -0.2) is 9.18 Å². The molecule has 0 saturated carbocycles. The number of esters is 2. The lowest BCUT2D eigenvalue weighted by atomic mass is 10.1. The van der Waals surface area contributed by atoms with Crippen molar-refractivity contribution in [2.24, 2.45) is 5.73 Å². The van der Waals surface area contributed by atoms with Crippen LogP contribution in [0.4, 0.5) is 4.39 Å². The minimum absolute atomic E-state index is 0.0973. The molecule has 0 aromatic heterocycles. The number of rotatable bonds is 4. The highest BCUT2D eigenvalue weighted by Gasteiger charge is 2.20. The molecule has 0 fully saturated rings. The monoisotopic (exact) mass is 267 g/mol. The van der Waals surface area contributed by atoms with Gasteiger partial charge < -0.3 is 15.2 Å². The first-order valence-electron chi connectivity index (χ1n) is 5.57. The van der Waals surface area contributed by atoms with Crippen molar-refractivity contribution in [2.45, 2.75) is 13.8 Å². The molecule has 0 aliphatic carbocycles. The second-order valence-electron chi connectivity index (χ2n) is 3.57. The van der Waals surface area contributed by atoms with Crippen LogP contribution in [0.15, 0.2) is 30.0 Å². The third-order valence-corrected chi connectivity index (χ3v) is 2.09. The Kier molecular flexibility index (Phi) is 5.05. The maximum atomic E-state index is 13.1. The lowest BCUT2D eigenvalue weighted by Crippen LogP contribution is -2.18. The Labute approximate surface area is 109 Å². The zero-order valence-electron chi connectivity index (χ0n) is 10.6. The van der Waals surface area contributed by atoms with Crippen molar-refractivity contribution in [1.29, 1.82) is 0 Å². The summed E-state index contributed by atoms with van der Waals surface area (Å²) in [5, 5.41) is 0. The summed E-state index contributed by atoms with van der Waals surface area (Å²) >= 11 is 0. The van der Waals surface area contributed by atoms with Gasteiger partial charge in [0.1, 0.15) is 5.82 Å². The molecule has 1 rings (SSSR count). The van der Waals surface area contributed by atoms with Gasteiger partial charge in [0, 0.05) is 12.5 Å². The standard InChI is InChI=1S/C13H14FNO4/c1-3-18-13(17)12(19-8(2)16)11(15)9-5-4-6-10(14)7-9/h4-7H,3,15H2,1-2H3/b12-11-. The van der Waals surface area contributed by atoms with Gasteiger partial charge in [0.15, 0.2) is 0 Å². The van der Waals surface area contributed by atoms with E-state index >= 15 is 0 Å². The largest absolute Gasteiger partial charge is 0.460 e. The molecule has 0 radical (unpaired) electrons. The van der Waals surface area contributed by atoms with E-state index in [1.165, 1.54) is 18.2 Å². The zero-order valence-corrected chi connectivity index (χ0v) is 10.6. The molecule has 0 heterocycles. The van der Waals surface area contributed by atoms with E-state index in [2.05, 4.69) is 0 Å². The van der Waals surface area contributed by atoms with Crippen LogP contribution < -0.4 is 5.73 Å². The predicted molar refractivity (Wildman–Crippen MR) is 65.9 cm³/mol. The highest BCUT2D eigenvalue weighted by Crippen LogP contribution is 2.17. The average molecular weight is 267 g/mol. The summed E-state index contributed by atoms with van der Waals surface area (Å²) in [7, 11) is 0. The lowest BCUT2D eigenvalue weighted by molar-refractivity contribution is -0.149. The first-order valence-corrected chi connectivity index (χ1v) is 5.57. The molecule has 5 nitrogen and oxygen atoms in total. The van der Waals surface area contributed by atoms with Gasteiger partial charge in [-0.15, -0.1) is 0 Å². The molecule has 2 N–H and O–H groups in total. The molecule has 0 bridgehead atoms. The topological polar surface area (TPSA) is 78.6 Å². The van der Waals surface area contributed by atoms with E-state index in [1.807, 2.05) is 0 Å². The van der Waals surface area contributed by atoms with Crippen molar-refractivity contribution < 1.29 is 23.5 Å². The first kappa shape index (κ1) is 14.7. The maximum absolute atomic E-state index is 13.1. The number of hydrogen-bond acceptors (Lipinski definition) is 5. The third-order valence-electron chi connectivity index (χ3n) is 2.09. The van der Waals surface area contributed by atoms with E-state index in [9.17, 15) is 14.0 Å². The van der Waals surface area contributed by atoms with Crippen molar-refractivity contribution in [3.05, 3.63) is 41.4 Å². The summed E-state index contributed by atoms with van der Waals surface area (Å²) in [6.45, 7) is 2.82. The summed E-state index contributed by atoms with van der Waals surface area (Å²) in [4.78, 5) is 22.6. The van der Waals surface area contributed by atoms with Crippen LogP contribution in [0.1, 0.15) is 19.4 Å². The van der Waals surface area contributed by atoms with E-state index in [-0.39, 0.29) is 17.9 Å². The molecular formula is C13H14FNO4. The highest BCUT2D eigenvalue weighted by molar-refractivity contribution is 5.97. The fourth-order valence-corrected chi connectivity index (χ4v) is 1.33. The van der Waals surface area contributed by atoms with Crippen molar-refractivity contribution in [3.8, 4) is 0 Å². The van der Waals surface area contributed by atoms with Gasteiger partial charge in [-0.3, -0.25) is 4.79 Å². The molecule has 0 unspecified atom stereocenters. The molecule has 0 aliphatic heterocycles. The Morgan fingerprint density at radius 2 is 2.05 bits per heavy atom. The Morgan fingerprint density at radius 1 is 1.37 bits per heavy atom. The smallest absolute Gasteiger partial charge is 0.376 e. The molecule has 0 aliphatic rings. The fourth-order valence-electron chi connectivity index (χ4n) is 1.33. The SMILES string of the molecule is CCOC(=O)/C(OC(C)=O)=C(/N)c1cccc(F)c1. The van der Waals surface area contributed by atoms with Gasteiger partial charge in [-0.1, -0.05) is 12.1 Å². The zero-order chi connectivity index (χ0) is 14.4. The number of nitrogens with two attached hydrogens (primary N) is 1. The second-order valence-corrected chi connectivity index (χ2v) is 3.57. The molecule has 1 aromatic carbocycles. The molecular weight excluding hydrogens is 253 g/mol. The van der Waals surface area contributed by atoms with Crippen molar-refractivity contribution in [1.82, 2.24) is 0 Å². The summed E-state index contributed by atoms with van der Waals surface area (Å²) in [5.41, 5.74) is 5.79. The fraction of sp³-hybridized carbons (Fsp3) is 0.231. The number of carbonyl (C=O) groups excluding carboxylic acids is 2. The Balaban J connectivity index is 3.22. The molecule has 1 aromatic rings. The third kappa shape index (κ3) is 4.09. The minimum atomic E-state index is -0.875. The van der Waals surface area contributed by atoms with Gasteiger partial charge in [0.25, 0.3) is 0 Å². The van der Waals surface area contributed by atoms with E-state index in [0.29, 0.717) is 0 Å². The number of hydrogen-bond donors (Lipinski definition) is 1. The molecule has 6 heteroatoms. The Bertz CT molecular complexity index is 525. The van der Waals surface area contributed by atoms with Gasteiger partial charge >= 0.3 is 11.9 Å². The Hall–Kier alpha value is -2.37. The summed E-state index contributed by atoms with van der Waals surface area (Å²) in [6.07, 6.45) is 0. The van der Waals surface area contributed by atoms with Crippen molar-refractivity contribution in [2.75, 3.05) is 6.61 Å². The minimum Gasteiger partial charge on any atom is -0.460 e. The van der Waals surface area contributed by atoms with Gasteiger partial charge in [0.05, 0.1) is 12.3 Å². The highest BCUT2D eigenvalue weighted by atomic mass is 19.1. The molecule has 0 saturated heterocycles. The van der Waals surface area contributed by atoms with E-state index < -0.39 is 23.5 Å². The molecule has 0 spiro atoms. The van der Waals surface area contributed by atoms with Crippen LogP contribution in [0, 0.1) is 5.82 Å². The van der Waals surface area contributed by atoms with E-state index in [1.54, 1.807) is 6.92 Å². The maximum Gasteiger partial charge on any atom is 0.376 e. The van der Waals surface area contributed by atoms with Crippen molar-refractivity contribution in [3.63, 3.8) is 0 Å². The number of halogens is 1. The van der Waals surface area contributed by atoms with Crippen LogP contribution in [0.3, 0.4) is 0 Å². The van der Waals surface area contributed by atoms with E-state index in [4.69, 9.17) is 15.2 Å². The quantitative estimate of drug-likeness (QED) is 0.509. The molecule has 19 heavy (non-hydrogen) atoms. The van der Waals surface area contributed by atoms with Crippen LogP contribution in [-0.4, -0.2) is 18.5 Å². The van der Waals surface area contributed by atoms with Crippen LogP contribution in [-0.2, 0) is 19.1 Å². The number of carbonyl (C=O) groups is 2. The van der Waals surface area contributed by atoms with Gasteiger partial charge in [0.2, 0.25) is 5.76 Å². The van der Waals surface area contributed by atoms with Crippen LogP contribution >= 0.6 is 0 Å². The lowest BCUT2D eigenvalue weighted by Gasteiger charge is -2.10. The second kappa shape index (κ2) is 6.53. The normalized spacial score (nSPS) is 11.5. The average Bonchev–Trinajstić information content (AvgIpc) is 2.35. The van der Waals surface area contributed by atoms with Gasteiger partial charge in [-0.05, 0) is 19.1 Å². The van der Waals surface area contributed by atoms with Gasteiger partial charge in [-0.2, -0.15) is 0 Å². The van der Waals surface area contributed by atoms with Crippen LogP contribution in [0.2, 0.25) is 0 Å².